The van der Waals surface area contributed by atoms with Crippen LogP contribution < -0.4 is 46.4 Å². The minimum atomic E-state index is -0.782. The van der Waals surface area contributed by atoms with Crippen molar-refractivity contribution in [1.29, 1.82) is 0 Å². The highest BCUT2D eigenvalue weighted by Crippen LogP contribution is 2.41. The fourth-order valence-corrected chi connectivity index (χ4v) is 11.8. The number of phenolic OH excluding ortho intramolecular Hbond substituents is 1. The van der Waals surface area contributed by atoms with E-state index in [9.17, 15) is 19.8 Å². The molecule has 0 spiro atoms. The number of oxazole rings is 1. The molecule has 2 aliphatic carbocycles. The molecule has 5 aromatic rings. The molecule has 74 heavy (non-hydrogen) atoms. The Morgan fingerprint density at radius 1 is 0.743 bits per heavy atom. The molecular formula is C57H73N11O6. The zero-order valence-electron chi connectivity index (χ0n) is 42.7. The molecule has 2 saturated heterocycles. The number of fused-ring (bicyclic) bond motifs is 2. The molecule has 2 aromatic carbocycles. The molecule has 0 radical (unpaired) electrons. The van der Waals surface area contributed by atoms with Gasteiger partial charge in [-0.25, -0.2) is 15.0 Å². The number of carbonyl (C=O) groups is 2. The zero-order chi connectivity index (χ0) is 50.5. The highest BCUT2D eigenvalue weighted by molar-refractivity contribution is 5.96. The van der Waals surface area contributed by atoms with Crippen molar-refractivity contribution in [3.8, 4) is 11.5 Å². The first-order chi connectivity index (χ1) is 36.1. The number of hydrogen-bond acceptors (Lipinski definition) is 15. The second-order valence-corrected chi connectivity index (χ2v) is 21.7. The Kier molecular flexibility index (Phi) is 15.2. The smallest absolute Gasteiger partial charge is 0.251 e. The fraction of sp³-hybridized carbons (Fsp3) is 0.526. The van der Waals surface area contributed by atoms with Crippen molar-refractivity contribution in [1.82, 2.24) is 36.2 Å². The Balaban J connectivity index is 0.662. The third kappa shape index (κ3) is 11.9. The van der Waals surface area contributed by atoms with E-state index in [1.165, 1.54) is 24.8 Å². The molecule has 0 bridgehead atoms. The number of pyridine rings is 2. The standard InChI is InChI=1S/C57H73N11O6/c1-35-51(74-34-62-35)33-73-48-11-9-38-25-49(60-31-43(38)24-48)50(70)32-61-57(72)41-27-52(63-44-6-5-7-44)65-55(29-41)68-18-13-36(14-19-68)39-21-46(22-39)64-53-26-40(28-54(66-53)67-16-3-2-4-17-67)56(71)58-15-12-45-20-37-8-10-47(69)23-42(37)30-59-45/h8-11,23-24,26-29,34,36,39,44-46,49-50,59-60,69-70H,2-7,12-22,25,30-33H2,1H3,(H,58,71)(H,61,72)(H,63,65)(H,64,66)/t39?,45-,46?,49+,50-/m1/s1. The number of rotatable bonds is 18. The van der Waals surface area contributed by atoms with E-state index < -0.39 is 6.10 Å². The van der Waals surface area contributed by atoms with Crippen LogP contribution in [0.4, 0.5) is 23.3 Å². The van der Waals surface area contributed by atoms with Gasteiger partial charge in [-0.2, -0.15) is 0 Å². The van der Waals surface area contributed by atoms with Crippen LogP contribution in [0.2, 0.25) is 0 Å². The van der Waals surface area contributed by atoms with E-state index in [0.29, 0.717) is 79.2 Å². The van der Waals surface area contributed by atoms with Crippen molar-refractivity contribution in [2.24, 2.45) is 11.8 Å². The first-order valence-corrected chi connectivity index (χ1v) is 27.3. The summed E-state index contributed by atoms with van der Waals surface area (Å²) < 4.78 is 11.4. The van der Waals surface area contributed by atoms with Crippen LogP contribution in [0.5, 0.6) is 11.5 Å². The molecule has 8 N–H and O–H groups in total. The molecule has 4 fully saturated rings. The number of carbonyl (C=O) groups excluding carboxylic acids is 2. The molecule has 6 aliphatic rings. The molecule has 4 aliphatic heterocycles. The number of ether oxygens (including phenoxy) is 1. The zero-order valence-corrected chi connectivity index (χ0v) is 42.7. The number of aliphatic hydroxyl groups is 1. The summed E-state index contributed by atoms with van der Waals surface area (Å²) in [5, 5.41) is 41.8. The highest BCUT2D eigenvalue weighted by Gasteiger charge is 2.37. The predicted molar refractivity (Wildman–Crippen MR) is 285 cm³/mol. The second-order valence-electron chi connectivity index (χ2n) is 21.7. The van der Waals surface area contributed by atoms with E-state index in [1.807, 2.05) is 55.5 Å². The Morgan fingerprint density at radius 3 is 2.14 bits per heavy atom. The van der Waals surface area contributed by atoms with Crippen LogP contribution in [0, 0.1) is 18.8 Å². The van der Waals surface area contributed by atoms with Crippen LogP contribution in [0.1, 0.15) is 125 Å². The Hall–Kier alpha value is -6.43. The third-order valence-corrected chi connectivity index (χ3v) is 16.7. The van der Waals surface area contributed by atoms with Gasteiger partial charge >= 0.3 is 0 Å². The Bertz CT molecular complexity index is 2760. The maximum absolute atomic E-state index is 13.8. The number of piperidine rings is 2. The number of benzene rings is 2. The summed E-state index contributed by atoms with van der Waals surface area (Å²) in [6.45, 7) is 7.83. The summed E-state index contributed by atoms with van der Waals surface area (Å²) in [5.41, 5.74) is 6.64. The number of amides is 2. The highest BCUT2D eigenvalue weighted by atomic mass is 16.5. The molecule has 17 nitrogen and oxygen atoms in total. The number of aliphatic hydroxyl groups excluding tert-OH is 1. The SMILES string of the molecule is Cc1ncoc1COc1ccc2c(c1)CN[C@H]([C@H](O)CNC(=O)c1cc(NC3CCC3)nc(N3CCC(C4CC(Nc5cc(C(=O)NCC[C@@H]6Cc7ccc(O)cc7CN6)cc(N6CCCCC6)n5)C4)CC3)c1)C2. The van der Waals surface area contributed by atoms with Crippen LogP contribution >= 0.6 is 0 Å². The van der Waals surface area contributed by atoms with E-state index in [4.69, 9.17) is 19.1 Å². The van der Waals surface area contributed by atoms with Crippen LogP contribution in [0.15, 0.2) is 71.5 Å². The first-order valence-electron chi connectivity index (χ1n) is 27.3. The maximum atomic E-state index is 13.8. The van der Waals surface area contributed by atoms with Crippen LogP contribution in [-0.4, -0.2) is 107 Å². The minimum absolute atomic E-state index is 0.0735. The van der Waals surface area contributed by atoms with Crippen molar-refractivity contribution >= 4 is 35.1 Å². The lowest BCUT2D eigenvalue weighted by molar-refractivity contribution is 0.0869. The Morgan fingerprint density at radius 2 is 1.42 bits per heavy atom. The van der Waals surface area contributed by atoms with Gasteiger partial charge in [-0.05, 0) is 173 Å². The van der Waals surface area contributed by atoms with Gasteiger partial charge in [-0.15, -0.1) is 0 Å². The predicted octanol–water partition coefficient (Wildman–Crippen LogP) is 6.76. The van der Waals surface area contributed by atoms with Gasteiger partial charge < -0.3 is 61.1 Å². The average Bonchev–Trinajstić information content (AvgIpc) is 3.83. The van der Waals surface area contributed by atoms with Crippen LogP contribution in [0.3, 0.4) is 0 Å². The number of phenols is 1. The van der Waals surface area contributed by atoms with Crippen molar-refractivity contribution in [2.75, 3.05) is 59.7 Å². The summed E-state index contributed by atoms with van der Waals surface area (Å²) in [7, 11) is 0. The Labute approximate surface area is 434 Å². The minimum Gasteiger partial charge on any atom is -0.508 e. The van der Waals surface area contributed by atoms with Crippen LogP contribution in [-0.2, 0) is 32.5 Å². The maximum Gasteiger partial charge on any atom is 0.251 e. The molecule has 2 saturated carbocycles. The van der Waals surface area contributed by atoms with E-state index in [-0.39, 0.29) is 30.4 Å². The molecule has 3 aromatic heterocycles. The third-order valence-electron chi connectivity index (χ3n) is 16.7. The number of anilines is 4. The molecule has 11 rings (SSSR count). The van der Waals surface area contributed by atoms with Crippen molar-refractivity contribution in [3.05, 3.63) is 112 Å². The van der Waals surface area contributed by atoms with E-state index >= 15 is 0 Å². The number of nitrogens with zero attached hydrogens (tertiary/aromatic N) is 5. The summed E-state index contributed by atoms with van der Waals surface area (Å²) in [4.78, 5) is 46.5. The lowest BCUT2D eigenvalue weighted by atomic mass is 9.69. The van der Waals surface area contributed by atoms with Crippen LogP contribution in [0.25, 0.3) is 0 Å². The number of aromatic nitrogens is 3. The van der Waals surface area contributed by atoms with Gasteiger partial charge in [-0.1, -0.05) is 12.1 Å². The van der Waals surface area contributed by atoms with Gasteiger partial charge in [0.2, 0.25) is 0 Å². The monoisotopic (exact) mass is 1010 g/mol. The second kappa shape index (κ2) is 22.6. The summed E-state index contributed by atoms with van der Waals surface area (Å²) in [5.74, 6) is 5.84. The normalized spacial score (nSPS) is 22.4. The lowest BCUT2D eigenvalue weighted by Crippen LogP contribution is -2.49. The van der Waals surface area contributed by atoms with Gasteiger partial charge in [0.05, 0.1) is 11.8 Å². The van der Waals surface area contributed by atoms with Gasteiger partial charge in [0.1, 0.15) is 41.4 Å². The lowest BCUT2D eigenvalue weighted by Gasteiger charge is -2.44. The fourth-order valence-electron chi connectivity index (χ4n) is 11.8. The summed E-state index contributed by atoms with van der Waals surface area (Å²) in [6, 6.07) is 20.0. The van der Waals surface area contributed by atoms with Crippen molar-refractivity contribution in [3.63, 3.8) is 0 Å². The van der Waals surface area contributed by atoms with Gasteiger partial charge in [-0.3, -0.25) is 9.59 Å². The summed E-state index contributed by atoms with van der Waals surface area (Å²) in [6.07, 6.45) is 14.1. The average molecular weight is 1010 g/mol. The quantitative estimate of drug-likeness (QED) is 0.0456. The first kappa shape index (κ1) is 49.8. The molecule has 7 heterocycles. The largest absolute Gasteiger partial charge is 0.508 e. The van der Waals surface area contributed by atoms with Gasteiger partial charge in [0.15, 0.2) is 12.2 Å². The molecule has 17 heteroatoms. The number of hydrogen-bond donors (Lipinski definition) is 8. The number of nitrogens with one attached hydrogen (secondary N) is 6. The van der Waals surface area contributed by atoms with Gasteiger partial charge in [0, 0.05) is 87.7 Å². The summed E-state index contributed by atoms with van der Waals surface area (Å²) >= 11 is 0. The molecule has 2 amide bonds. The van der Waals surface area contributed by atoms with E-state index in [2.05, 4.69) is 52.8 Å². The number of aryl methyl sites for hydroxylation is 1. The van der Waals surface area contributed by atoms with Gasteiger partial charge in [0.25, 0.3) is 11.8 Å². The molecule has 0 unspecified atom stereocenters. The molecular weight excluding hydrogens is 935 g/mol. The van der Waals surface area contributed by atoms with E-state index in [1.54, 1.807) is 6.07 Å². The van der Waals surface area contributed by atoms with Crippen molar-refractivity contribution in [2.45, 2.75) is 140 Å². The molecule has 3 atom stereocenters. The van der Waals surface area contributed by atoms with Crippen molar-refractivity contribution < 1.29 is 29.0 Å². The topological polar surface area (TPSA) is 214 Å². The molecule has 392 valence electrons. The number of aromatic hydroxyl groups is 1. The van der Waals surface area contributed by atoms with E-state index in [0.717, 1.165) is 142 Å².